The van der Waals surface area contributed by atoms with E-state index in [4.69, 9.17) is 0 Å². The maximum atomic E-state index is 12.0. The smallest absolute Gasteiger partial charge is 0.220 e. The molecular formula is C14H26N2O. The van der Waals surface area contributed by atoms with E-state index in [0.29, 0.717) is 23.8 Å². The van der Waals surface area contributed by atoms with Crippen LogP contribution in [0.2, 0.25) is 0 Å². The van der Waals surface area contributed by atoms with E-state index in [1.165, 1.54) is 25.7 Å². The summed E-state index contributed by atoms with van der Waals surface area (Å²) in [7, 11) is 0. The third-order valence-electron chi connectivity index (χ3n) is 4.47. The van der Waals surface area contributed by atoms with Crippen LogP contribution in [0.1, 0.15) is 52.4 Å². The van der Waals surface area contributed by atoms with Gasteiger partial charge in [0.15, 0.2) is 0 Å². The Morgan fingerprint density at radius 1 is 1.35 bits per heavy atom. The van der Waals surface area contributed by atoms with E-state index < -0.39 is 0 Å². The molecule has 0 radical (unpaired) electrons. The molecule has 1 saturated heterocycles. The Kier molecular flexibility index (Phi) is 4.08. The first-order chi connectivity index (χ1) is 8.08. The Morgan fingerprint density at radius 3 is 2.76 bits per heavy atom. The van der Waals surface area contributed by atoms with E-state index in [1.807, 2.05) is 0 Å². The Hall–Kier alpha value is -0.570. The standard InChI is InChI=1S/C14H26N2O/c1-14(2)7-3-6-12(14)16-13(17)9-11-5-4-8-15-10-11/h11-12,15H,3-10H2,1-2H3,(H,16,17). The fraction of sp³-hybridized carbons (Fsp3) is 0.929. The van der Waals surface area contributed by atoms with Gasteiger partial charge in [0.1, 0.15) is 0 Å². The first-order valence-electron chi connectivity index (χ1n) is 7.08. The van der Waals surface area contributed by atoms with Crippen LogP contribution in [0.25, 0.3) is 0 Å². The second-order valence-electron chi connectivity index (χ2n) is 6.42. The van der Waals surface area contributed by atoms with Gasteiger partial charge in [-0.15, -0.1) is 0 Å². The van der Waals surface area contributed by atoms with E-state index >= 15 is 0 Å². The summed E-state index contributed by atoms with van der Waals surface area (Å²) >= 11 is 0. The van der Waals surface area contributed by atoms with Crippen molar-refractivity contribution in [3.63, 3.8) is 0 Å². The molecule has 0 bridgehead atoms. The summed E-state index contributed by atoms with van der Waals surface area (Å²) in [5.41, 5.74) is 0.292. The number of rotatable bonds is 3. The highest BCUT2D eigenvalue weighted by Crippen LogP contribution is 2.37. The van der Waals surface area contributed by atoms with Crippen molar-refractivity contribution in [3.05, 3.63) is 0 Å². The fourth-order valence-corrected chi connectivity index (χ4v) is 3.21. The van der Waals surface area contributed by atoms with Gasteiger partial charge in [-0.2, -0.15) is 0 Å². The second-order valence-corrected chi connectivity index (χ2v) is 6.42. The molecule has 2 unspecified atom stereocenters. The maximum Gasteiger partial charge on any atom is 0.220 e. The zero-order valence-electron chi connectivity index (χ0n) is 11.2. The molecule has 2 aliphatic rings. The lowest BCUT2D eigenvalue weighted by molar-refractivity contribution is -0.123. The third kappa shape index (κ3) is 3.44. The molecule has 0 aromatic rings. The summed E-state index contributed by atoms with van der Waals surface area (Å²) in [5, 5.41) is 6.62. The second kappa shape index (κ2) is 5.38. The normalized spacial score (nSPS) is 32.4. The van der Waals surface area contributed by atoms with Crippen LogP contribution in [0.4, 0.5) is 0 Å². The van der Waals surface area contributed by atoms with Gasteiger partial charge in [0.2, 0.25) is 5.91 Å². The molecule has 1 heterocycles. The molecule has 0 aromatic carbocycles. The Labute approximate surface area is 105 Å². The highest BCUT2D eigenvalue weighted by Gasteiger charge is 2.35. The first-order valence-corrected chi connectivity index (χ1v) is 7.08. The van der Waals surface area contributed by atoms with Crippen molar-refractivity contribution < 1.29 is 4.79 Å². The summed E-state index contributed by atoms with van der Waals surface area (Å²) in [6, 6.07) is 0.395. The molecule has 2 atom stereocenters. The molecule has 3 nitrogen and oxygen atoms in total. The summed E-state index contributed by atoms with van der Waals surface area (Å²) in [6.07, 6.45) is 6.77. The van der Waals surface area contributed by atoms with Crippen molar-refractivity contribution in [1.29, 1.82) is 0 Å². The minimum Gasteiger partial charge on any atom is -0.353 e. The number of hydrogen-bond acceptors (Lipinski definition) is 2. The average Bonchev–Trinajstić information content (AvgIpc) is 2.59. The quantitative estimate of drug-likeness (QED) is 0.790. The molecule has 3 heteroatoms. The molecule has 98 valence electrons. The lowest BCUT2D eigenvalue weighted by Gasteiger charge is -2.29. The SMILES string of the molecule is CC1(C)CCCC1NC(=O)CC1CCCNC1. The van der Waals surface area contributed by atoms with Crippen molar-refractivity contribution in [2.45, 2.75) is 58.4 Å². The molecule has 1 saturated carbocycles. The fourth-order valence-electron chi connectivity index (χ4n) is 3.21. The first kappa shape index (κ1) is 12.9. The van der Waals surface area contributed by atoms with E-state index in [9.17, 15) is 4.79 Å². The molecule has 1 aliphatic carbocycles. The monoisotopic (exact) mass is 238 g/mol. The maximum absolute atomic E-state index is 12.0. The molecular weight excluding hydrogens is 212 g/mol. The van der Waals surface area contributed by atoms with Gasteiger partial charge in [0, 0.05) is 12.5 Å². The van der Waals surface area contributed by atoms with Gasteiger partial charge >= 0.3 is 0 Å². The van der Waals surface area contributed by atoms with E-state index in [0.717, 1.165) is 19.5 Å². The van der Waals surface area contributed by atoms with Crippen molar-refractivity contribution in [2.24, 2.45) is 11.3 Å². The molecule has 0 spiro atoms. The van der Waals surface area contributed by atoms with Crippen LogP contribution in [0.5, 0.6) is 0 Å². The van der Waals surface area contributed by atoms with Crippen LogP contribution < -0.4 is 10.6 Å². The van der Waals surface area contributed by atoms with Crippen molar-refractivity contribution in [1.82, 2.24) is 10.6 Å². The minimum absolute atomic E-state index is 0.263. The topological polar surface area (TPSA) is 41.1 Å². The lowest BCUT2D eigenvalue weighted by atomic mass is 9.87. The van der Waals surface area contributed by atoms with Crippen molar-refractivity contribution in [3.8, 4) is 0 Å². The van der Waals surface area contributed by atoms with Crippen LogP contribution in [0, 0.1) is 11.3 Å². The van der Waals surface area contributed by atoms with E-state index in [1.54, 1.807) is 0 Å². The highest BCUT2D eigenvalue weighted by atomic mass is 16.1. The number of carbonyl (C=O) groups is 1. The highest BCUT2D eigenvalue weighted by molar-refractivity contribution is 5.76. The third-order valence-corrected chi connectivity index (χ3v) is 4.47. The molecule has 17 heavy (non-hydrogen) atoms. The summed E-state index contributed by atoms with van der Waals surface area (Å²) in [6.45, 7) is 6.68. The van der Waals surface area contributed by atoms with Gasteiger partial charge in [-0.25, -0.2) is 0 Å². The van der Waals surface area contributed by atoms with Crippen molar-refractivity contribution in [2.75, 3.05) is 13.1 Å². The molecule has 2 N–H and O–H groups in total. The Balaban J connectivity index is 1.76. The predicted molar refractivity (Wildman–Crippen MR) is 69.8 cm³/mol. The number of hydrogen-bond donors (Lipinski definition) is 2. The Bertz CT molecular complexity index is 269. The molecule has 2 rings (SSSR count). The molecule has 1 aliphatic heterocycles. The number of carbonyl (C=O) groups excluding carboxylic acids is 1. The van der Waals surface area contributed by atoms with Gasteiger partial charge in [-0.3, -0.25) is 4.79 Å². The van der Waals surface area contributed by atoms with Crippen LogP contribution in [-0.4, -0.2) is 25.0 Å². The van der Waals surface area contributed by atoms with Crippen LogP contribution in [-0.2, 0) is 4.79 Å². The number of nitrogens with one attached hydrogen (secondary N) is 2. The lowest BCUT2D eigenvalue weighted by Crippen LogP contribution is -2.43. The van der Waals surface area contributed by atoms with Gasteiger partial charge < -0.3 is 10.6 Å². The Morgan fingerprint density at radius 2 is 2.18 bits per heavy atom. The predicted octanol–water partition coefficient (Wildman–Crippen LogP) is 2.07. The zero-order valence-corrected chi connectivity index (χ0v) is 11.2. The summed E-state index contributed by atoms with van der Waals surface area (Å²) in [5.74, 6) is 0.812. The molecule has 2 fully saturated rings. The number of piperidine rings is 1. The van der Waals surface area contributed by atoms with Crippen LogP contribution in [0.15, 0.2) is 0 Å². The largest absolute Gasteiger partial charge is 0.353 e. The van der Waals surface area contributed by atoms with Crippen molar-refractivity contribution >= 4 is 5.91 Å². The van der Waals surface area contributed by atoms with Crippen LogP contribution in [0.3, 0.4) is 0 Å². The van der Waals surface area contributed by atoms with Crippen LogP contribution >= 0.6 is 0 Å². The van der Waals surface area contributed by atoms with Gasteiger partial charge in [-0.05, 0) is 50.1 Å². The minimum atomic E-state index is 0.263. The van der Waals surface area contributed by atoms with E-state index in [2.05, 4.69) is 24.5 Å². The summed E-state index contributed by atoms with van der Waals surface area (Å²) in [4.78, 5) is 12.0. The average molecular weight is 238 g/mol. The van der Waals surface area contributed by atoms with Gasteiger partial charge in [0.25, 0.3) is 0 Å². The van der Waals surface area contributed by atoms with Gasteiger partial charge in [0.05, 0.1) is 0 Å². The number of amides is 1. The zero-order chi connectivity index (χ0) is 12.3. The van der Waals surface area contributed by atoms with E-state index in [-0.39, 0.29) is 5.91 Å². The summed E-state index contributed by atoms with van der Waals surface area (Å²) < 4.78 is 0. The van der Waals surface area contributed by atoms with Gasteiger partial charge in [-0.1, -0.05) is 20.3 Å². The molecule has 1 amide bonds. The molecule has 0 aromatic heterocycles.